The van der Waals surface area contributed by atoms with Gasteiger partial charge in [-0.1, -0.05) is 30.3 Å². The number of hydrogen-bond donors (Lipinski definition) is 0. The Hall–Kier alpha value is -1.95. The van der Waals surface area contributed by atoms with Crippen LogP contribution >= 0.6 is 0 Å². The first-order valence-corrected chi connectivity index (χ1v) is 7.71. The van der Waals surface area contributed by atoms with E-state index in [1.54, 1.807) is 35.2 Å². The fourth-order valence-corrected chi connectivity index (χ4v) is 3.44. The summed E-state index contributed by atoms with van der Waals surface area (Å²) in [5.74, 6) is -9.50. The highest BCUT2D eigenvalue weighted by molar-refractivity contribution is 5.41. The van der Waals surface area contributed by atoms with Crippen molar-refractivity contribution < 1.29 is 22.0 Å². The first kappa shape index (κ1) is 16.9. The van der Waals surface area contributed by atoms with E-state index < -0.39 is 40.2 Å². The summed E-state index contributed by atoms with van der Waals surface area (Å²) < 4.78 is 69.9. The van der Waals surface area contributed by atoms with Gasteiger partial charge in [-0.3, -0.25) is 4.90 Å². The van der Waals surface area contributed by atoms with Crippen molar-refractivity contribution in [1.82, 2.24) is 4.90 Å². The number of rotatable bonds is 3. The third kappa shape index (κ3) is 2.40. The second kappa shape index (κ2) is 6.16. The summed E-state index contributed by atoms with van der Waals surface area (Å²) in [6, 6.07) is 8.35. The molecule has 1 aliphatic heterocycles. The predicted molar refractivity (Wildman–Crippen MR) is 79.9 cm³/mol. The Bertz CT molecular complexity index is 727. The SMILES string of the molecule is CC(c1ccccc1)(c1c(F)c(F)c(F)c(F)c1F)N1CCCC1. The van der Waals surface area contributed by atoms with Gasteiger partial charge in [-0.25, -0.2) is 22.0 Å². The Morgan fingerprint density at radius 1 is 0.750 bits per heavy atom. The highest BCUT2D eigenvalue weighted by Gasteiger charge is 2.44. The monoisotopic (exact) mass is 341 g/mol. The van der Waals surface area contributed by atoms with Gasteiger partial charge in [0, 0.05) is 0 Å². The van der Waals surface area contributed by atoms with E-state index in [0.717, 1.165) is 12.8 Å². The molecule has 0 saturated carbocycles. The molecule has 128 valence electrons. The number of nitrogens with zero attached hydrogens (tertiary/aromatic N) is 1. The first-order chi connectivity index (χ1) is 11.4. The average Bonchev–Trinajstić information content (AvgIpc) is 3.14. The fourth-order valence-electron chi connectivity index (χ4n) is 3.44. The summed E-state index contributed by atoms with van der Waals surface area (Å²) in [4.78, 5) is 1.76. The molecule has 24 heavy (non-hydrogen) atoms. The molecule has 2 aromatic rings. The highest BCUT2D eigenvalue weighted by Crippen LogP contribution is 2.42. The number of halogens is 5. The minimum atomic E-state index is -2.13. The smallest absolute Gasteiger partial charge is 0.200 e. The number of hydrogen-bond acceptors (Lipinski definition) is 1. The molecule has 1 aliphatic rings. The minimum absolute atomic E-state index is 0.482. The van der Waals surface area contributed by atoms with E-state index in [1.165, 1.54) is 6.92 Å². The van der Waals surface area contributed by atoms with Gasteiger partial charge in [0.1, 0.15) is 0 Å². The Morgan fingerprint density at radius 2 is 1.21 bits per heavy atom. The van der Waals surface area contributed by atoms with Crippen molar-refractivity contribution >= 4 is 0 Å². The van der Waals surface area contributed by atoms with Crippen molar-refractivity contribution in [3.63, 3.8) is 0 Å². The Kier molecular flexibility index (Phi) is 4.34. The van der Waals surface area contributed by atoms with Crippen LogP contribution in [0, 0.1) is 29.1 Å². The second-order valence-electron chi connectivity index (χ2n) is 6.08. The molecule has 0 bridgehead atoms. The van der Waals surface area contributed by atoms with Crippen molar-refractivity contribution in [3.05, 3.63) is 70.5 Å². The van der Waals surface area contributed by atoms with Gasteiger partial charge in [0.2, 0.25) is 5.82 Å². The number of benzene rings is 2. The summed E-state index contributed by atoms with van der Waals surface area (Å²) in [7, 11) is 0. The molecule has 0 amide bonds. The summed E-state index contributed by atoms with van der Waals surface area (Å²) in [5.41, 5.74) is -1.76. The molecular weight excluding hydrogens is 325 g/mol. The standard InChI is InChI=1S/C18H16F5N/c1-18(24-9-5-6-10-24,11-7-3-2-4-8-11)12-13(19)15(21)17(23)16(22)14(12)20/h2-4,7-8H,5-6,9-10H2,1H3. The van der Waals surface area contributed by atoms with Gasteiger partial charge < -0.3 is 0 Å². The van der Waals surface area contributed by atoms with Crippen LogP contribution in [-0.2, 0) is 5.54 Å². The maximum absolute atomic E-state index is 14.5. The van der Waals surface area contributed by atoms with Crippen molar-refractivity contribution in [3.8, 4) is 0 Å². The lowest BCUT2D eigenvalue weighted by atomic mass is 9.82. The van der Waals surface area contributed by atoms with Crippen LogP contribution in [0.5, 0.6) is 0 Å². The van der Waals surface area contributed by atoms with E-state index >= 15 is 0 Å². The van der Waals surface area contributed by atoms with Crippen molar-refractivity contribution in [1.29, 1.82) is 0 Å². The van der Waals surface area contributed by atoms with Gasteiger partial charge in [0.25, 0.3) is 0 Å². The Morgan fingerprint density at radius 3 is 1.71 bits per heavy atom. The van der Waals surface area contributed by atoms with Crippen LogP contribution < -0.4 is 0 Å². The third-order valence-electron chi connectivity index (χ3n) is 4.77. The molecule has 3 rings (SSSR count). The van der Waals surface area contributed by atoms with Crippen molar-refractivity contribution in [2.24, 2.45) is 0 Å². The second-order valence-corrected chi connectivity index (χ2v) is 6.08. The van der Waals surface area contributed by atoms with Crippen LogP contribution in [0.15, 0.2) is 30.3 Å². The van der Waals surface area contributed by atoms with Gasteiger partial charge in [-0.2, -0.15) is 0 Å². The molecule has 0 aliphatic carbocycles. The molecule has 1 unspecified atom stereocenters. The zero-order valence-electron chi connectivity index (χ0n) is 13.1. The molecule has 1 fully saturated rings. The summed E-state index contributed by atoms with van der Waals surface area (Å²) >= 11 is 0. The van der Waals surface area contributed by atoms with E-state index in [1.807, 2.05) is 0 Å². The summed E-state index contributed by atoms with van der Waals surface area (Å²) in [6.07, 6.45) is 1.61. The van der Waals surface area contributed by atoms with E-state index in [-0.39, 0.29) is 0 Å². The summed E-state index contributed by atoms with van der Waals surface area (Å²) in [6.45, 7) is 2.54. The Labute approximate surface area is 136 Å². The molecular formula is C18H16F5N. The van der Waals surface area contributed by atoms with E-state index in [2.05, 4.69) is 0 Å². The van der Waals surface area contributed by atoms with Gasteiger partial charge in [-0.15, -0.1) is 0 Å². The number of likely N-dealkylation sites (tertiary alicyclic amines) is 1. The fraction of sp³-hybridized carbons (Fsp3) is 0.333. The van der Waals surface area contributed by atoms with Crippen LogP contribution in [0.2, 0.25) is 0 Å². The molecule has 1 nitrogen and oxygen atoms in total. The minimum Gasteiger partial charge on any atom is -0.290 e. The van der Waals surface area contributed by atoms with Crippen LogP contribution in [0.1, 0.15) is 30.9 Å². The van der Waals surface area contributed by atoms with Crippen LogP contribution in [0.25, 0.3) is 0 Å². The molecule has 1 heterocycles. The average molecular weight is 341 g/mol. The molecule has 2 aromatic carbocycles. The topological polar surface area (TPSA) is 3.24 Å². The Balaban J connectivity index is 2.32. The third-order valence-corrected chi connectivity index (χ3v) is 4.77. The maximum Gasteiger partial charge on any atom is 0.200 e. The summed E-state index contributed by atoms with van der Waals surface area (Å²) in [5, 5.41) is 0. The molecule has 6 heteroatoms. The normalized spacial score (nSPS) is 17.9. The van der Waals surface area contributed by atoms with E-state index in [9.17, 15) is 22.0 Å². The van der Waals surface area contributed by atoms with Gasteiger partial charge in [0.05, 0.1) is 11.1 Å². The molecule has 1 atom stereocenters. The lowest BCUT2D eigenvalue weighted by molar-refractivity contribution is 0.162. The maximum atomic E-state index is 14.5. The van der Waals surface area contributed by atoms with Crippen LogP contribution in [-0.4, -0.2) is 18.0 Å². The lowest BCUT2D eigenvalue weighted by Crippen LogP contribution is -2.45. The van der Waals surface area contributed by atoms with Gasteiger partial charge in [-0.05, 0) is 38.4 Å². The van der Waals surface area contributed by atoms with Crippen LogP contribution in [0.4, 0.5) is 22.0 Å². The van der Waals surface area contributed by atoms with E-state index in [4.69, 9.17) is 0 Å². The predicted octanol–water partition coefficient (Wildman–Crippen LogP) is 4.74. The zero-order valence-corrected chi connectivity index (χ0v) is 13.1. The van der Waals surface area contributed by atoms with Crippen LogP contribution in [0.3, 0.4) is 0 Å². The molecule has 0 N–H and O–H groups in total. The quantitative estimate of drug-likeness (QED) is 0.443. The van der Waals surface area contributed by atoms with Gasteiger partial charge >= 0.3 is 0 Å². The highest BCUT2D eigenvalue weighted by atomic mass is 19.2. The molecule has 1 saturated heterocycles. The van der Waals surface area contributed by atoms with Gasteiger partial charge in [0.15, 0.2) is 23.3 Å². The zero-order chi connectivity index (χ0) is 17.5. The molecule has 0 spiro atoms. The molecule has 0 aromatic heterocycles. The van der Waals surface area contributed by atoms with E-state index in [0.29, 0.717) is 18.7 Å². The van der Waals surface area contributed by atoms with Crippen molar-refractivity contribution in [2.45, 2.75) is 25.3 Å². The lowest BCUT2D eigenvalue weighted by Gasteiger charge is -2.40. The first-order valence-electron chi connectivity index (χ1n) is 7.71. The molecule has 0 radical (unpaired) electrons. The van der Waals surface area contributed by atoms with Crippen molar-refractivity contribution in [2.75, 3.05) is 13.1 Å². The largest absolute Gasteiger partial charge is 0.290 e.